The number of aryl methyl sites for hydroxylation is 2. The monoisotopic (exact) mass is 339 g/mol. The molecule has 0 unspecified atom stereocenters. The van der Waals surface area contributed by atoms with E-state index in [9.17, 15) is 4.79 Å². The Kier molecular flexibility index (Phi) is 4.53. The van der Waals surface area contributed by atoms with E-state index in [1.54, 1.807) is 0 Å². The van der Waals surface area contributed by atoms with Gasteiger partial charge in [0.1, 0.15) is 11.6 Å². The van der Waals surface area contributed by atoms with E-state index in [1.165, 1.54) is 11.1 Å². The number of hydrogen-bond donors (Lipinski definition) is 1. The fourth-order valence-electron chi connectivity index (χ4n) is 3.97. The predicted molar refractivity (Wildman–Crippen MR) is 94.9 cm³/mol. The molecule has 132 valence electrons. The Hall–Kier alpha value is -2.21. The SMILES string of the molecule is Cc1nnc2n1CCN(CCC(=O)N[C@H]1CCCc3ccccc31)C2. The fourth-order valence-corrected chi connectivity index (χ4v) is 3.97. The molecule has 2 aromatic rings. The second-order valence-corrected chi connectivity index (χ2v) is 7.05. The smallest absolute Gasteiger partial charge is 0.221 e. The zero-order chi connectivity index (χ0) is 17.2. The number of rotatable bonds is 4. The van der Waals surface area contributed by atoms with Crippen molar-refractivity contribution in [2.24, 2.45) is 0 Å². The van der Waals surface area contributed by atoms with E-state index in [1.807, 2.05) is 6.92 Å². The van der Waals surface area contributed by atoms with Gasteiger partial charge in [0.15, 0.2) is 0 Å². The zero-order valence-corrected chi connectivity index (χ0v) is 14.7. The minimum Gasteiger partial charge on any atom is -0.349 e. The van der Waals surface area contributed by atoms with Gasteiger partial charge in [0.05, 0.1) is 12.6 Å². The van der Waals surface area contributed by atoms with Crippen LogP contribution in [0.2, 0.25) is 0 Å². The van der Waals surface area contributed by atoms with Gasteiger partial charge in [-0.1, -0.05) is 24.3 Å². The molecule has 4 rings (SSSR count). The highest BCUT2D eigenvalue weighted by Gasteiger charge is 2.23. The summed E-state index contributed by atoms with van der Waals surface area (Å²) in [5.74, 6) is 2.12. The topological polar surface area (TPSA) is 63.1 Å². The van der Waals surface area contributed by atoms with E-state index in [0.29, 0.717) is 6.42 Å². The van der Waals surface area contributed by atoms with Crippen LogP contribution in [-0.2, 0) is 24.3 Å². The van der Waals surface area contributed by atoms with Gasteiger partial charge in [0.25, 0.3) is 0 Å². The summed E-state index contributed by atoms with van der Waals surface area (Å²) in [6.07, 6.45) is 3.83. The highest BCUT2D eigenvalue weighted by atomic mass is 16.1. The van der Waals surface area contributed by atoms with Gasteiger partial charge in [-0.25, -0.2) is 0 Å². The van der Waals surface area contributed by atoms with Crippen LogP contribution in [0.1, 0.15) is 48.1 Å². The maximum absolute atomic E-state index is 12.4. The zero-order valence-electron chi connectivity index (χ0n) is 14.7. The number of fused-ring (bicyclic) bond motifs is 2. The standard InChI is InChI=1S/C19H25N5O/c1-14-21-22-18-13-23(11-12-24(14)18)10-9-19(25)20-17-8-4-6-15-5-2-3-7-16(15)17/h2-3,5,7,17H,4,6,8-13H2,1H3,(H,20,25)/t17-/m0/s1. The molecule has 0 bridgehead atoms. The quantitative estimate of drug-likeness (QED) is 0.925. The van der Waals surface area contributed by atoms with Crippen LogP contribution in [0.15, 0.2) is 24.3 Å². The van der Waals surface area contributed by atoms with Crippen molar-refractivity contribution in [1.82, 2.24) is 25.0 Å². The molecule has 1 aromatic carbocycles. The van der Waals surface area contributed by atoms with Crippen molar-refractivity contribution < 1.29 is 4.79 Å². The Morgan fingerprint density at radius 3 is 3.08 bits per heavy atom. The van der Waals surface area contributed by atoms with Crippen molar-refractivity contribution in [3.8, 4) is 0 Å². The summed E-state index contributed by atoms with van der Waals surface area (Å²) in [6, 6.07) is 8.65. The van der Waals surface area contributed by atoms with Gasteiger partial charge in [-0.05, 0) is 37.3 Å². The van der Waals surface area contributed by atoms with Crippen molar-refractivity contribution in [2.45, 2.75) is 51.7 Å². The summed E-state index contributed by atoms with van der Waals surface area (Å²) >= 11 is 0. The average molecular weight is 339 g/mol. The largest absolute Gasteiger partial charge is 0.349 e. The molecule has 0 spiro atoms. The van der Waals surface area contributed by atoms with Crippen molar-refractivity contribution in [3.63, 3.8) is 0 Å². The maximum Gasteiger partial charge on any atom is 0.221 e. The average Bonchev–Trinajstić information content (AvgIpc) is 3.01. The van der Waals surface area contributed by atoms with Crippen LogP contribution in [-0.4, -0.2) is 38.7 Å². The van der Waals surface area contributed by atoms with Crippen LogP contribution in [0.4, 0.5) is 0 Å². The Balaban J connectivity index is 1.31. The lowest BCUT2D eigenvalue weighted by Crippen LogP contribution is -2.38. The van der Waals surface area contributed by atoms with Gasteiger partial charge in [-0.3, -0.25) is 9.69 Å². The van der Waals surface area contributed by atoms with Gasteiger partial charge < -0.3 is 9.88 Å². The molecule has 2 heterocycles. The van der Waals surface area contributed by atoms with Gasteiger partial charge in [-0.2, -0.15) is 0 Å². The van der Waals surface area contributed by atoms with Gasteiger partial charge in [0, 0.05) is 26.1 Å². The molecular weight excluding hydrogens is 314 g/mol. The van der Waals surface area contributed by atoms with Gasteiger partial charge in [-0.15, -0.1) is 10.2 Å². The van der Waals surface area contributed by atoms with Gasteiger partial charge in [0.2, 0.25) is 5.91 Å². The molecule has 2 aliphatic rings. The van der Waals surface area contributed by atoms with Gasteiger partial charge >= 0.3 is 0 Å². The summed E-state index contributed by atoms with van der Waals surface area (Å²) in [7, 11) is 0. The minimum atomic E-state index is 0.143. The summed E-state index contributed by atoms with van der Waals surface area (Å²) in [5, 5.41) is 11.6. The summed E-state index contributed by atoms with van der Waals surface area (Å²) in [4.78, 5) is 14.7. The Bertz CT molecular complexity index is 769. The minimum absolute atomic E-state index is 0.143. The van der Waals surface area contributed by atoms with Crippen molar-refractivity contribution >= 4 is 5.91 Å². The molecule has 0 saturated carbocycles. The highest BCUT2D eigenvalue weighted by Crippen LogP contribution is 2.29. The van der Waals surface area contributed by atoms with E-state index in [4.69, 9.17) is 0 Å². The summed E-state index contributed by atoms with van der Waals surface area (Å²) in [5.41, 5.74) is 2.67. The third-order valence-electron chi connectivity index (χ3n) is 5.38. The Morgan fingerprint density at radius 2 is 2.16 bits per heavy atom. The number of amides is 1. The van der Waals surface area contributed by atoms with Crippen LogP contribution >= 0.6 is 0 Å². The lowest BCUT2D eigenvalue weighted by Gasteiger charge is -2.28. The first-order chi connectivity index (χ1) is 12.2. The second-order valence-electron chi connectivity index (χ2n) is 7.05. The van der Waals surface area contributed by atoms with E-state index < -0.39 is 0 Å². The third-order valence-corrected chi connectivity index (χ3v) is 5.38. The molecule has 1 atom stereocenters. The lowest BCUT2D eigenvalue weighted by molar-refractivity contribution is -0.122. The first-order valence-electron chi connectivity index (χ1n) is 9.19. The fraction of sp³-hybridized carbons (Fsp3) is 0.526. The van der Waals surface area contributed by atoms with E-state index in [2.05, 4.69) is 49.2 Å². The van der Waals surface area contributed by atoms with Crippen LogP contribution in [0.25, 0.3) is 0 Å². The van der Waals surface area contributed by atoms with Crippen molar-refractivity contribution in [1.29, 1.82) is 0 Å². The van der Waals surface area contributed by atoms with Crippen LogP contribution in [0.5, 0.6) is 0 Å². The molecular formula is C19H25N5O. The van der Waals surface area contributed by atoms with E-state index >= 15 is 0 Å². The second kappa shape index (κ2) is 6.96. The first-order valence-corrected chi connectivity index (χ1v) is 9.19. The summed E-state index contributed by atoms with van der Waals surface area (Å²) in [6.45, 7) is 5.39. The van der Waals surface area contributed by atoms with E-state index in [0.717, 1.165) is 57.1 Å². The first kappa shape index (κ1) is 16.3. The molecule has 1 aliphatic carbocycles. The van der Waals surface area contributed by atoms with Crippen molar-refractivity contribution in [2.75, 3.05) is 13.1 Å². The number of nitrogens with one attached hydrogen (secondary N) is 1. The normalized spacial score (nSPS) is 20.0. The number of carbonyl (C=O) groups excluding carboxylic acids is 1. The maximum atomic E-state index is 12.4. The van der Waals surface area contributed by atoms with Crippen molar-refractivity contribution in [3.05, 3.63) is 47.0 Å². The van der Waals surface area contributed by atoms with Crippen LogP contribution < -0.4 is 5.32 Å². The Morgan fingerprint density at radius 1 is 1.28 bits per heavy atom. The molecule has 0 radical (unpaired) electrons. The number of hydrogen-bond acceptors (Lipinski definition) is 4. The molecule has 1 N–H and O–H groups in total. The Labute approximate surface area is 148 Å². The predicted octanol–water partition coefficient (Wildman–Crippen LogP) is 1.99. The molecule has 25 heavy (non-hydrogen) atoms. The number of nitrogens with zero attached hydrogens (tertiary/aromatic N) is 4. The van der Waals surface area contributed by atoms with Crippen LogP contribution in [0, 0.1) is 6.92 Å². The number of carbonyl (C=O) groups is 1. The molecule has 1 amide bonds. The summed E-state index contributed by atoms with van der Waals surface area (Å²) < 4.78 is 2.16. The lowest BCUT2D eigenvalue weighted by atomic mass is 9.87. The molecule has 1 aliphatic heterocycles. The third kappa shape index (κ3) is 3.44. The van der Waals surface area contributed by atoms with E-state index in [-0.39, 0.29) is 11.9 Å². The number of benzene rings is 1. The van der Waals surface area contributed by atoms with Crippen LogP contribution in [0.3, 0.4) is 0 Å². The molecule has 0 saturated heterocycles. The molecule has 1 aromatic heterocycles. The highest BCUT2D eigenvalue weighted by molar-refractivity contribution is 5.76. The molecule has 0 fully saturated rings. The number of aromatic nitrogens is 3. The molecule has 6 heteroatoms. The molecule has 6 nitrogen and oxygen atoms in total.